The van der Waals surface area contributed by atoms with Gasteiger partial charge in [0.05, 0.1) is 12.8 Å². The molecule has 0 spiro atoms. The lowest BCUT2D eigenvalue weighted by Crippen LogP contribution is -2.17. The minimum Gasteiger partial charge on any atom is -0.490 e. The molecule has 0 heterocycles. The van der Waals surface area contributed by atoms with Crippen molar-refractivity contribution in [1.29, 1.82) is 0 Å². The Balaban J connectivity index is 1.61. The van der Waals surface area contributed by atoms with E-state index in [0.717, 1.165) is 11.1 Å². The van der Waals surface area contributed by atoms with E-state index in [9.17, 15) is 4.79 Å². The minimum atomic E-state index is -0.367. The third kappa shape index (κ3) is 7.12. The van der Waals surface area contributed by atoms with Crippen LogP contribution in [0.4, 0.5) is 0 Å². The Morgan fingerprint density at radius 2 is 1.88 bits per heavy atom. The summed E-state index contributed by atoms with van der Waals surface area (Å²) < 4.78 is 16.9. The summed E-state index contributed by atoms with van der Waals surface area (Å²) in [7, 11) is 0. The van der Waals surface area contributed by atoms with E-state index < -0.39 is 0 Å². The van der Waals surface area contributed by atoms with Crippen molar-refractivity contribution in [3.05, 3.63) is 101 Å². The summed E-state index contributed by atoms with van der Waals surface area (Å²) in [5.74, 6) is 1.33. The number of nitrogens with one attached hydrogen (secondary N) is 1. The molecule has 3 aromatic rings. The molecule has 0 atom stereocenters. The van der Waals surface area contributed by atoms with Crippen LogP contribution in [0.2, 0.25) is 5.02 Å². The number of hydrogen-bond acceptors (Lipinski definition) is 5. The molecule has 0 fully saturated rings. The monoisotopic (exact) mass is 464 g/mol. The number of ether oxygens (including phenoxy) is 3. The first-order chi connectivity index (χ1) is 16.1. The second-order valence-corrected chi connectivity index (χ2v) is 7.25. The van der Waals surface area contributed by atoms with E-state index in [-0.39, 0.29) is 5.91 Å². The smallest absolute Gasteiger partial charge is 0.271 e. The van der Waals surface area contributed by atoms with Crippen LogP contribution in [0.3, 0.4) is 0 Å². The fourth-order valence-corrected chi connectivity index (χ4v) is 3.07. The van der Waals surface area contributed by atoms with Crippen molar-refractivity contribution in [2.75, 3.05) is 13.2 Å². The van der Waals surface area contributed by atoms with Crippen LogP contribution in [-0.2, 0) is 6.61 Å². The maximum Gasteiger partial charge on any atom is 0.271 e. The molecule has 0 aliphatic rings. The van der Waals surface area contributed by atoms with Crippen molar-refractivity contribution in [2.45, 2.75) is 13.5 Å². The maximum atomic E-state index is 12.5. The van der Waals surface area contributed by atoms with Crippen LogP contribution in [0.25, 0.3) is 0 Å². The average molecular weight is 465 g/mol. The van der Waals surface area contributed by atoms with Gasteiger partial charge in [0.1, 0.15) is 19.0 Å². The predicted molar refractivity (Wildman–Crippen MR) is 131 cm³/mol. The number of hydrazone groups is 1. The van der Waals surface area contributed by atoms with Crippen LogP contribution in [0.5, 0.6) is 17.2 Å². The first-order valence-electron chi connectivity index (χ1n) is 10.4. The van der Waals surface area contributed by atoms with Crippen molar-refractivity contribution in [2.24, 2.45) is 5.10 Å². The van der Waals surface area contributed by atoms with E-state index in [1.54, 1.807) is 30.5 Å². The van der Waals surface area contributed by atoms with Gasteiger partial charge in [-0.1, -0.05) is 54.6 Å². The van der Waals surface area contributed by atoms with Gasteiger partial charge in [0.2, 0.25) is 0 Å². The van der Waals surface area contributed by atoms with Gasteiger partial charge >= 0.3 is 0 Å². The molecule has 1 amide bonds. The number of hydrogen-bond donors (Lipinski definition) is 1. The van der Waals surface area contributed by atoms with Gasteiger partial charge in [0, 0.05) is 16.1 Å². The molecule has 170 valence electrons. The summed E-state index contributed by atoms with van der Waals surface area (Å²) in [6.07, 6.45) is 3.19. The molecule has 0 radical (unpaired) electrons. The first kappa shape index (κ1) is 23.9. The Morgan fingerprint density at radius 3 is 2.67 bits per heavy atom. The Bertz CT molecular complexity index is 1130. The van der Waals surface area contributed by atoms with Crippen LogP contribution in [0.1, 0.15) is 28.4 Å². The normalized spacial score (nSPS) is 10.6. The topological polar surface area (TPSA) is 69.2 Å². The van der Waals surface area contributed by atoms with Crippen molar-refractivity contribution in [3.63, 3.8) is 0 Å². The summed E-state index contributed by atoms with van der Waals surface area (Å²) in [6.45, 7) is 6.64. The molecule has 0 aromatic heterocycles. The van der Waals surface area contributed by atoms with Crippen molar-refractivity contribution in [3.8, 4) is 17.2 Å². The Labute approximate surface area is 198 Å². The van der Waals surface area contributed by atoms with Crippen LogP contribution >= 0.6 is 11.6 Å². The van der Waals surface area contributed by atoms with Gasteiger partial charge in [-0.2, -0.15) is 5.10 Å². The lowest BCUT2D eigenvalue weighted by molar-refractivity contribution is 0.0954. The highest BCUT2D eigenvalue weighted by atomic mass is 35.5. The molecule has 0 aliphatic heterocycles. The van der Waals surface area contributed by atoms with Crippen LogP contribution in [0, 0.1) is 0 Å². The van der Waals surface area contributed by atoms with Gasteiger partial charge < -0.3 is 14.2 Å². The lowest BCUT2D eigenvalue weighted by Gasteiger charge is -2.12. The molecular weight excluding hydrogens is 440 g/mol. The van der Waals surface area contributed by atoms with Gasteiger partial charge in [0.25, 0.3) is 5.91 Å². The fraction of sp³-hybridized carbons (Fsp3) is 0.154. The van der Waals surface area contributed by atoms with E-state index in [0.29, 0.717) is 47.7 Å². The standard InChI is InChI=1S/C26H25ClN2O4/c1-3-14-32-24-13-12-20(16-25(24)31-4-2)26(30)29-28-17-19-8-7-10-22(15-19)33-18-21-9-5-6-11-23(21)27/h3,5-13,15-17H,1,4,14,18H2,2H3,(H,29,30)/b28-17+. The summed E-state index contributed by atoms with van der Waals surface area (Å²) >= 11 is 6.17. The van der Waals surface area contributed by atoms with Crippen LogP contribution in [-0.4, -0.2) is 25.3 Å². The lowest BCUT2D eigenvalue weighted by atomic mass is 10.2. The SMILES string of the molecule is C=CCOc1ccc(C(=O)N/N=C/c2cccc(OCc3ccccc3Cl)c2)cc1OCC. The summed E-state index contributed by atoms with van der Waals surface area (Å²) in [5.41, 5.74) is 4.60. The van der Waals surface area contributed by atoms with E-state index in [1.165, 1.54) is 0 Å². The Hall–Kier alpha value is -3.77. The van der Waals surface area contributed by atoms with Crippen molar-refractivity contribution in [1.82, 2.24) is 5.43 Å². The maximum absolute atomic E-state index is 12.5. The molecule has 0 bridgehead atoms. The first-order valence-corrected chi connectivity index (χ1v) is 10.8. The highest BCUT2D eigenvalue weighted by Gasteiger charge is 2.11. The zero-order valence-electron chi connectivity index (χ0n) is 18.3. The molecular formula is C26H25ClN2O4. The molecule has 1 N–H and O–H groups in total. The number of nitrogens with zero attached hydrogens (tertiary/aromatic N) is 1. The number of rotatable bonds is 11. The number of halogens is 1. The highest BCUT2D eigenvalue weighted by molar-refractivity contribution is 6.31. The van der Waals surface area contributed by atoms with Crippen molar-refractivity contribution >= 4 is 23.7 Å². The van der Waals surface area contributed by atoms with E-state index in [4.69, 9.17) is 25.8 Å². The molecule has 3 rings (SSSR count). The Morgan fingerprint density at radius 1 is 1.03 bits per heavy atom. The van der Waals surface area contributed by atoms with Gasteiger partial charge in [-0.25, -0.2) is 5.43 Å². The second-order valence-electron chi connectivity index (χ2n) is 6.85. The van der Waals surface area contributed by atoms with Gasteiger partial charge in [-0.05, 0) is 48.9 Å². The van der Waals surface area contributed by atoms with E-state index in [2.05, 4.69) is 17.1 Å². The highest BCUT2D eigenvalue weighted by Crippen LogP contribution is 2.28. The van der Waals surface area contributed by atoms with Crippen molar-refractivity contribution < 1.29 is 19.0 Å². The predicted octanol–water partition coefficient (Wildman–Crippen LogP) is 5.65. The van der Waals surface area contributed by atoms with Gasteiger partial charge in [-0.3, -0.25) is 4.79 Å². The van der Waals surface area contributed by atoms with E-state index >= 15 is 0 Å². The molecule has 7 heteroatoms. The zero-order chi connectivity index (χ0) is 23.5. The second kappa shape index (κ2) is 12.3. The average Bonchev–Trinajstić information content (AvgIpc) is 2.83. The minimum absolute atomic E-state index is 0.344. The number of amides is 1. The largest absolute Gasteiger partial charge is 0.490 e. The zero-order valence-corrected chi connectivity index (χ0v) is 19.0. The third-order valence-corrected chi connectivity index (χ3v) is 4.82. The molecule has 3 aromatic carbocycles. The molecule has 33 heavy (non-hydrogen) atoms. The number of benzene rings is 3. The molecule has 0 aliphatic carbocycles. The fourth-order valence-electron chi connectivity index (χ4n) is 2.88. The Kier molecular flexibility index (Phi) is 8.91. The summed E-state index contributed by atoms with van der Waals surface area (Å²) in [4.78, 5) is 12.5. The van der Waals surface area contributed by atoms with Crippen LogP contribution < -0.4 is 19.6 Å². The third-order valence-electron chi connectivity index (χ3n) is 4.45. The molecule has 6 nitrogen and oxygen atoms in total. The number of carbonyl (C=O) groups excluding carboxylic acids is 1. The van der Waals surface area contributed by atoms with Gasteiger partial charge in [-0.15, -0.1) is 0 Å². The number of carbonyl (C=O) groups is 1. The van der Waals surface area contributed by atoms with Gasteiger partial charge in [0.15, 0.2) is 11.5 Å². The molecule has 0 saturated carbocycles. The molecule has 0 unspecified atom stereocenters. The quantitative estimate of drug-likeness (QED) is 0.226. The summed E-state index contributed by atoms with van der Waals surface area (Å²) in [5, 5.41) is 4.71. The van der Waals surface area contributed by atoms with E-state index in [1.807, 2.05) is 55.5 Å². The van der Waals surface area contributed by atoms with Crippen LogP contribution in [0.15, 0.2) is 84.5 Å². The molecule has 0 saturated heterocycles. The summed E-state index contributed by atoms with van der Waals surface area (Å²) in [6, 6.07) is 19.9.